The molecule has 0 radical (unpaired) electrons. The van der Waals surface area contributed by atoms with Gasteiger partial charge >= 0.3 is 0 Å². The maximum Gasteiger partial charge on any atom is 0.244 e. The molecule has 0 aromatic heterocycles. The predicted octanol–water partition coefficient (Wildman–Crippen LogP) is 2.98. The molecule has 0 saturated heterocycles. The molecule has 0 heterocycles. The highest BCUT2D eigenvalue weighted by atomic mass is 35.5. The zero-order valence-corrected chi connectivity index (χ0v) is 12.3. The fourth-order valence-electron chi connectivity index (χ4n) is 1.21. The van der Waals surface area contributed by atoms with E-state index in [1.807, 2.05) is 0 Å². The maximum atomic E-state index is 12.3. The lowest BCUT2D eigenvalue weighted by atomic mass is 10.1. The molecule has 0 N–H and O–H groups in total. The standard InChI is InChI=1S/C11H15Cl2NO2S/c1-11(2,8-12)14(3)17(15,16)10-7-5-4-6-9(10)13/h4-7H,8H2,1-3H3. The van der Waals surface area contributed by atoms with E-state index in [-0.39, 0.29) is 15.8 Å². The zero-order valence-electron chi connectivity index (χ0n) is 9.94. The van der Waals surface area contributed by atoms with Gasteiger partial charge < -0.3 is 0 Å². The number of halogens is 2. The summed E-state index contributed by atoms with van der Waals surface area (Å²) in [7, 11) is -2.12. The van der Waals surface area contributed by atoms with E-state index in [1.165, 1.54) is 17.4 Å². The number of hydrogen-bond acceptors (Lipinski definition) is 2. The molecule has 0 atom stereocenters. The minimum Gasteiger partial charge on any atom is -0.207 e. The van der Waals surface area contributed by atoms with Crippen molar-refractivity contribution in [3.8, 4) is 0 Å². The Balaban J connectivity index is 3.26. The van der Waals surface area contributed by atoms with Crippen molar-refractivity contribution >= 4 is 33.2 Å². The SMILES string of the molecule is CN(C(C)(C)CCl)S(=O)(=O)c1ccccc1Cl. The summed E-state index contributed by atoms with van der Waals surface area (Å²) in [5.74, 6) is 0.202. The van der Waals surface area contributed by atoms with Crippen molar-refractivity contribution in [2.75, 3.05) is 12.9 Å². The number of alkyl halides is 1. The third-order valence-electron chi connectivity index (χ3n) is 2.65. The third kappa shape index (κ3) is 2.94. The molecule has 0 unspecified atom stereocenters. The minimum absolute atomic E-state index is 0.0994. The molecule has 0 fully saturated rings. The van der Waals surface area contributed by atoms with Crippen LogP contribution < -0.4 is 0 Å². The van der Waals surface area contributed by atoms with Gasteiger partial charge in [-0.3, -0.25) is 0 Å². The Morgan fingerprint density at radius 2 is 1.82 bits per heavy atom. The quantitative estimate of drug-likeness (QED) is 0.801. The van der Waals surface area contributed by atoms with E-state index >= 15 is 0 Å². The average molecular weight is 296 g/mol. The van der Waals surface area contributed by atoms with Crippen LogP contribution in [-0.2, 0) is 10.0 Å². The molecule has 1 aromatic carbocycles. The van der Waals surface area contributed by atoms with Crippen molar-refractivity contribution in [3.05, 3.63) is 29.3 Å². The van der Waals surface area contributed by atoms with Crippen LogP contribution in [0.5, 0.6) is 0 Å². The monoisotopic (exact) mass is 295 g/mol. The summed E-state index contributed by atoms with van der Waals surface area (Å²) >= 11 is 11.7. The Bertz CT molecular complexity index is 500. The first-order valence-electron chi connectivity index (χ1n) is 5.03. The Morgan fingerprint density at radius 1 is 1.29 bits per heavy atom. The largest absolute Gasteiger partial charge is 0.244 e. The molecule has 1 rings (SSSR count). The van der Waals surface area contributed by atoms with Gasteiger partial charge in [-0.1, -0.05) is 23.7 Å². The molecule has 96 valence electrons. The lowest BCUT2D eigenvalue weighted by Gasteiger charge is -2.32. The van der Waals surface area contributed by atoms with Gasteiger partial charge in [-0.15, -0.1) is 11.6 Å². The van der Waals surface area contributed by atoms with Crippen molar-refractivity contribution in [2.45, 2.75) is 24.3 Å². The van der Waals surface area contributed by atoms with Crippen molar-refractivity contribution in [2.24, 2.45) is 0 Å². The first kappa shape index (κ1) is 14.8. The fraction of sp³-hybridized carbons (Fsp3) is 0.455. The summed E-state index contributed by atoms with van der Waals surface area (Å²) < 4.78 is 25.9. The van der Waals surface area contributed by atoms with Gasteiger partial charge in [0.2, 0.25) is 10.0 Å². The molecule has 3 nitrogen and oxygen atoms in total. The molecule has 17 heavy (non-hydrogen) atoms. The van der Waals surface area contributed by atoms with Crippen molar-refractivity contribution < 1.29 is 8.42 Å². The lowest BCUT2D eigenvalue weighted by molar-refractivity contribution is 0.296. The Kier molecular flexibility index (Phi) is 4.47. The molecule has 0 aliphatic carbocycles. The van der Waals surface area contributed by atoms with Crippen LogP contribution in [0.2, 0.25) is 5.02 Å². The van der Waals surface area contributed by atoms with Crippen LogP contribution in [0.4, 0.5) is 0 Å². The predicted molar refractivity (Wildman–Crippen MR) is 71.2 cm³/mol. The number of hydrogen-bond donors (Lipinski definition) is 0. The normalized spacial score (nSPS) is 13.1. The smallest absolute Gasteiger partial charge is 0.207 e. The summed E-state index contributed by atoms with van der Waals surface area (Å²) in [6, 6.07) is 6.36. The molecule has 0 spiro atoms. The van der Waals surface area contributed by atoms with Crippen LogP contribution in [0, 0.1) is 0 Å². The van der Waals surface area contributed by atoms with E-state index in [0.717, 1.165) is 0 Å². The van der Waals surface area contributed by atoms with E-state index < -0.39 is 15.6 Å². The first-order chi connectivity index (χ1) is 7.73. The Hall–Kier alpha value is -0.290. The summed E-state index contributed by atoms with van der Waals surface area (Å²) in [5.41, 5.74) is -0.667. The van der Waals surface area contributed by atoms with Gasteiger partial charge in [-0.05, 0) is 26.0 Å². The molecule has 0 bridgehead atoms. The van der Waals surface area contributed by atoms with Crippen LogP contribution >= 0.6 is 23.2 Å². The van der Waals surface area contributed by atoms with Crippen molar-refractivity contribution in [1.82, 2.24) is 4.31 Å². The summed E-state index contributed by atoms with van der Waals surface area (Å²) in [6.45, 7) is 3.52. The Morgan fingerprint density at radius 3 is 2.29 bits per heavy atom. The molecule has 1 aromatic rings. The highest BCUT2D eigenvalue weighted by Crippen LogP contribution is 2.28. The molecule has 0 saturated carbocycles. The topological polar surface area (TPSA) is 37.4 Å². The van der Waals surface area contributed by atoms with Crippen molar-refractivity contribution in [3.63, 3.8) is 0 Å². The van der Waals surface area contributed by atoms with Crippen LogP contribution in [0.25, 0.3) is 0 Å². The van der Waals surface area contributed by atoms with Gasteiger partial charge in [0.25, 0.3) is 0 Å². The number of rotatable bonds is 4. The van der Waals surface area contributed by atoms with Gasteiger partial charge in [0.1, 0.15) is 4.90 Å². The van der Waals surface area contributed by atoms with Crippen LogP contribution in [0.3, 0.4) is 0 Å². The molecule has 6 heteroatoms. The lowest BCUT2D eigenvalue weighted by Crippen LogP contribution is -2.46. The second-order valence-corrected chi connectivity index (χ2v) is 6.96. The van der Waals surface area contributed by atoms with Gasteiger partial charge in [0.15, 0.2) is 0 Å². The van der Waals surface area contributed by atoms with E-state index in [2.05, 4.69) is 0 Å². The second kappa shape index (κ2) is 5.14. The summed E-state index contributed by atoms with van der Waals surface area (Å²) in [6.07, 6.45) is 0. The van der Waals surface area contributed by atoms with Gasteiger partial charge in [-0.25, -0.2) is 8.42 Å². The van der Waals surface area contributed by atoms with E-state index in [1.54, 1.807) is 32.0 Å². The third-order valence-corrected chi connectivity index (χ3v) is 5.88. The van der Waals surface area contributed by atoms with Crippen molar-refractivity contribution in [1.29, 1.82) is 0 Å². The molecular weight excluding hydrogens is 281 g/mol. The molecule has 0 amide bonds. The molecule has 0 aliphatic heterocycles. The van der Waals surface area contributed by atoms with E-state index in [0.29, 0.717) is 0 Å². The van der Waals surface area contributed by atoms with Crippen LogP contribution in [0.1, 0.15) is 13.8 Å². The summed E-state index contributed by atoms with van der Waals surface area (Å²) in [4.78, 5) is 0.0994. The minimum atomic E-state index is -3.62. The highest BCUT2D eigenvalue weighted by Gasteiger charge is 2.34. The fourth-order valence-corrected chi connectivity index (χ4v) is 3.46. The second-order valence-electron chi connectivity index (χ2n) is 4.35. The first-order valence-corrected chi connectivity index (χ1v) is 7.38. The molecular formula is C11H15Cl2NO2S. The average Bonchev–Trinajstić information content (AvgIpc) is 2.28. The Labute approximate surface area is 112 Å². The van der Waals surface area contributed by atoms with Gasteiger partial charge in [-0.2, -0.15) is 4.31 Å². The highest BCUT2D eigenvalue weighted by molar-refractivity contribution is 7.89. The zero-order chi connectivity index (χ0) is 13.3. The van der Waals surface area contributed by atoms with Gasteiger partial charge in [0.05, 0.1) is 5.02 Å². The van der Waals surface area contributed by atoms with E-state index in [4.69, 9.17) is 23.2 Å². The molecule has 0 aliphatic rings. The number of benzene rings is 1. The number of sulfonamides is 1. The van der Waals surface area contributed by atoms with E-state index in [9.17, 15) is 8.42 Å². The van der Waals surface area contributed by atoms with Gasteiger partial charge in [0, 0.05) is 18.5 Å². The summed E-state index contributed by atoms with van der Waals surface area (Å²) in [5, 5.41) is 0.213. The van der Waals surface area contributed by atoms with Crippen LogP contribution in [-0.4, -0.2) is 31.2 Å². The van der Waals surface area contributed by atoms with Crippen LogP contribution in [0.15, 0.2) is 29.2 Å². The number of nitrogens with zero attached hydrogens (tertiary/aromatic N) is 1. The maximum absolute atomic E-state index is 12.3.